The van der Waals surface area contributed by atoms with Crippen LogP contribution in [0.1, 0.15) is 19.8 Å². The zero-order chi connectivity index (χ0) is 9.19. The van der Waals surface area contributed by atoms with E-state index in [2.05, 4.69) is 10.6 Å². The highest BCUT2D eigenvalue weighted by Crippen LogP contribution is 2.37. The lowest BCUT2D eigenvalue weighted by atomic mass is 9.88. The van der Waals surface area contributed by atoms with E-state index in [9.17, 15) is 8.78 Å². The van der Waals surface area contributed by atoms with E-state index in [1.807, 2.05) is 6.92 Å². The van der Waals surface area contributed by atoms with Gasteiger partial charge in [0, 0.05) is 25.4 Å². The molecule has 0 unspecified atom stereocenters. The topological polar surface area (TPSA) is 24.1 Å². The van der Waals surface area contributed by atoms with Crippen molar-refractivity contribution < 1.29 is 8.78 Å². The first-order chi connectivity index (χ1) is 5.53. The number of nitrogens with one attached hydrogen (secondary N) is 2. The van der Waals surface area contributed by atoms with Gasteiger partial charge in [0.25, 0.3) is 5.92 Å². The molecule has 0 aromatic carbocycles. The maximum absolute atomic E-state index is 12.3. The molecule has 0 aromatic heterocycles. The molecular weight excluding hydrogens is 182 g/mol. The first kappa shape index (κ1) is 9.64. The number of alkyl halides is 2. The molecule has 1 saturated carbocycles. The molecule has 0 bridgehead atoms. The van der Waals surface area contributed by atoms with E-state index in [4.69, 9.17) is 12.2 Å². The molecule has 5 heteroatoms. The number of rotatable bonds is 2. The van der Waals surface area contributed by atoms with Gasteiger partial charge in [-0.1, -0.05) is 0 Å². The van der Waals surface area contributed by atoms with E-state index in [1.54, 1.807) is 0 Å². The fourth-order valence-corrected chi connectivity index (χ4v) is 1.47. The Bertz CT molecular complexity index is 176. The van der Waals surface area contributed by atoms with Gasteiger partial charge in [-0.05, 0) is 19.1 Å². The third kappa shape index (κ3) is 2.55. The van der Waals surface area contributed by atoms with Crippen LogP contribution in [0.2, 0.25) is 0 Å². The monoisotopic (exact) mass is 194 g/mol. The van der Waals surface area contributed by atoms with Crippen LogP contribution < -0.4 is 10.6 Å². The Morgan fingerprint density at radius 3 is 2.58 bits per heavy atom. The molecular formula is C7H12F2N2S. The average Bonchev–Trinajstić information content (AvgIpc) is 1.83. The molecule has 0 radical (unpaired) electrons. The Morgan fingerprint density at radius 2 is 2.17 bits per heavy atom. The Morgan fingerprint density at radius 1 is 1.58 bits per heavy atom. The van der Waals surface area contributed by atoms with E-state index in [-0.39, 0.29) is 18.9 Å². The highest BCUT2D eigenvalue weighted by molar-refractivity contribution is 7.80. The molecule has 0 amide bonds. The molecule has 2 N–H and O–H groups in total. The average molecular weight is 194 g/mol. The van der Waals surface area contributed by atoms with Crippen molar-refractivity contribution in [1.82, 2.24) is 10.6 Å². The maximum Gasteiger partial charge on any atom is 0.252 e. The van der Waals surface area contributed by atoms with Crippen LogP contribution in [0.25, 0.3) is 0 Å². The van der Waals surface area contributed by atoms with Crippen LogP contribution in [0, 0.1) is 0 Å². The third-order valence-corrected chi connectivity index (χ3v) is 2.02. The lowest BCUT2D eigenvalue weighted by Crippen LogP contribution is -2.52. The first-order valence-electron chi connectivity index (χ1n) is 3.96. The molecule has 0 heterocycles. The van der Waals surface area contributed by atoms with Gasteiger partial charge in [-0.25, -0.2) is 8.78 Å². The fourth-order valence-electron chi connectivity index (χ4n) is 1.16. The van der Waals surface area contributed by atoms with Gasteiger partial charge in [-0.2, -0.15) is 0 Å². The quantitative estimate of drug-likeness (QED) is 0.647. The van der Waals surface area contributed by atoms with E-state index in [0.717, 1.165) is 6.54 Å². The standard InChI is InChI=1S/C7H12F2N2S/c1-2-10-6(12)11-5-3-7(8,9)4-5/h5H,2-4H2,1H3,(H2,10,11,12). The predicted molar refractivity (Wildman–Crippen MR) is 47.4 cm³/mol. The molecule has 1 rings (SSSR count). The summed E-state index contributed by atoms with van der Waals surface area (Å²) in [7, 11) is 0. The molecule has 1 fully saturated rings. The van der Waals surface area contributed by atoms with Crippen LogP contribution in [0.3, 0.4) is 0 Å². The number of hydrogen-bond acceptors (Lipinski definition) is 1. The molecule has 2 nitrogen and oxygen atoms in total. The summed E-state index contributed by atoms with van der Waals surface area (Å²) < 4.78 is 24.6. The van der Waals surface area contributed by atoms with Crippen LogP contribution in [-0.4, -0.2) is 23.6 Å². The second-order valence-corrected chi connectivity index (χ2v) is 3.37. The SMILES string of the molecule is CCNC(=S)NC1CC(F)(F)C1. The van der Waals surface area contributed by atoms with Crippen molar-refractivity contribution in [2.45, 2.75) is 31.7 Å². The molecule has 0 spiro atoms. The zero-order valence-corrected chi connectivity index (χ0v) is 7.68. The number of thiocarbonyl (C=S) groups is 1. The normalized spacial score (nSPS) is 21.2. The van der Waals surface area contributed by atoms with E-state index < -0.39 is 5.92 Å². The minimum absolute atomic E-state index is 0.0987. The number of hydrogen-bond donors (Lipinski definition) is 2. The van der Waals surface area contributed by atoms with Gasteiger partial charge < -0.3 is 10.6 Å². The molecule has 12 heavy (non-hydrogen) atoms. The minimum atomic E-state index is -2.47. The van der Waals surface area contributed by atoms with Crippen LogP contribution in [0.15, 0.2) is 0 Å². The third-order valence-electron chi connectivity index (χ3n) is 1.76. The van der Waals surface area contributed by atoms with Crippen LogP contribution >= 0.6 is 12.2 Å². The van der Waals surface area contributed by atoms with Crippen molar-refractivity contribution in [3.8, 4) is 0 Å². The number of halogens is 2. The highest BCUT2D eigenvalue weighted by atomic mass is 32.1. The van der Waals surface area contributed by atoms with Crippen molar-refractivity contribution >= 4 is 17.3 Å². The lowest BCUT2D eigenvalue weighted by molar-refractivity contribution is -0.0886. The Balaban J connectivity index is 2.14. The summed E-state index contributed by atoms with van der Waals surface area (Å²) in [6.07, 6.45) is -0.197. The maximum atomic E-state index is 12.3. The highest BCUT2D eigenvalue weighted by Gasteiger charge is 2.45. The van der Waals surface area contributed by atoms with Crippen molar-refractivity contribution in [2.75, 3.05) is 6.54 Å². The molecule has 1 aliphatic rings. The fraction of sp³-hybridized carbons (Fsp3) is 0.857. The summed E-state index contributed by atoms with van der Waals surface area (Å²) in [5, 5.41) is 6.13. The smallest absolute Gasteiger partial charge is 0.252 e. The van der Waals surface area contributed by atoms with Crippen molar-refractivity contribution in [2.24, 2.45) is 0 Å². The van der Waals surface area contributed by atoms with Crippen molar-refractivity contribution in [3.63, 3.8) is 0 Å². The second-order valence-electron chi connectivity index (χ2n) is 2.96. The van der Waals surface area contributed by atoms with E-state index in [0.29, 0.717) is 5.11 Å². The zero-order valence-electron chi connectivity index (χ0n) is 6.86. The predicted octanol–water partition coefficient (Wildman–Crippen LogP) is 1.27. The summed E-state index contributed by atoms with van der Waals surface area (Å²) in [6.45, 7) is 2.62. The minimum Gasteiger partial charge on any atom is -0.363 e. The summed E-state index contributed by atoms with van der Waals surface area (Å²) in [5.74, 6) is -2.47. The van der Waals surface area contributed by atoms with Gasteiger partial charge in [0.2, 0.25) is 0 Å². The van der Waals surface area contributed by atoms with E-state index >= 15 is 0 Å². The first-order valence-corrected chi connectivity index (χ1v) is 4.36. The van der Waals surface area contributed by atoms with Crippen molar-refractivity contribution in [1.29, 1.82) is 0 Å². The largest absolute Gasteiger partial charge is 0.363 e. The summed E-state index contributed by atoms with van der Waals surface area (Å²) >= 11 is 4.84. The van der Waals surface area contributed by atoms with Gasteiger partial charge in [0.15, 0.2) is 5.11 Å². The molecule has 0 aromatic rings. The lowest BCUT2D eigenvalue weighted by Gasteiger charge is -2.35. The summed E-state index contributed by atoms with van der Waals surface area (Å²) in [4.78, 5) is 0. The van der Waals surface area contributed by atoms with Crippen LogP contribution in [0.4, 0.5) is 8.78 Å². The van der Waals surface area contributed by atoms with Gasteiger partial charge in [-0.15, -0.1) is 0 Å². The molecule has 70 valence electrons. The van der Waals surface area contributed by atoms with Crippen LogP contribution in [-0.2, 0) is 0 Å². The van der Waals surface area contributed by atoms with Gasteiger partial charge in [0.1, 0.15) is 0 Å². The van der Waals surface area contributed by atoms with Gasteiger partial charge in [-0.3, -0.25) is 0 Å². The molecule has 0 atom stereocenters. The van der Waals surface area contributed by atoms with Crippen LogP contribution in [0.5, 0.6) is 0 Å². The molecule has 0 aliphatic heterocycles. The Hall–Kier alpha value is -0.450. The summed E-state index contributed by atoms with van der Waals surface area (Å²) in [6, 6.07) is -0.147. The Labute approximate surface area is 75.7 Å². The van der Waals surface area contributed by atoms with E-state index in [1.165, 1.54) is 0 Å². The summed E-state index contributed by atoms with van der Waals surface area (Å²) in [5.41, 5.74) is 0. The second kappa shape index (κ2) is 3.51. The molecule has 0 saturated heterocycles. The Kier molecular flexibility index (Phi) is 2.82. The van der Waals surface area contributed by atoms with Gasteiger partial charge in [0.05, 0.1) is 0 Å². The van der Waals surface area contributed by atoms with Gasteiger partial charge >= 0.3 is 0 Å². The van der Waals surface area contributed by atoms with Crippen molar-refractivity contribution in [3.05, 3.63) is 0 Å². The molecule has 1 aliphatic carbocycles.